The molecule has 21 heavy (non-hydrogen) atoms. The third-order valence-electron chi connectivity index (χ3n) is 2.46. The van der Waals surface area contributed by atoms with Crippen LogP contribution in [0.1, 0.15) is 6.42 Å². The van der Waals surface area contributed by atoms with E-state index in [-0.39, 0.29) is 11.4 Å². The zero-order valence-corrected chi connectivity index (χ0v) is 11.9. The molecule has 1 atom stereocenters. The Morgan fingerprint density at radius 2 is 1.86 bits per heavy atom. The predicted octanol–water partition coefficient (Wildman–Crippen LogP) is 0.939. The van der Waals surface area contributed by atoms with Crippen LogP contribution in [-0.4, -0.2) is 39.3 Å². The van der Waals surface area contributed by atoms with Crippen LogP contribution in [0, 0.1) is 0 Å². The summed E-state index contributed by atoms with van der Waals surface area (Å²) in [6.45, 7) is 1.35. The highest BCUT2D eigenvalue weighted by Crippen LogP contribution is 2.12. The Morgan fingerprint density at radius 1 is 1.14 bits per heavy atom. The Bertz CT molecular complexity index is 562. The number of halogens is 1. The molecular weight excluding hydrogens is 296 g/mol. The van der Waals surface area contributed by atoms with Gasteiger partial charge in [0, 0.05) is 18.8 Å². The van der Waals surface area contributed by atoms with Crippen molar-refractivity contribution in [3.8, 4) is 6.01 Å². The fourth-order valence-corrected chi connectivity index (χ4v) is 1.67. The number of aromatic nitrogens is 4. The van der Waals surface area contributed by atoms with E-state index in [1.165, 1.54) is 6.20 Å². The number of anilines is 2. The molecule has 8 nitrogen and oxygen atoms in total. The number of rotatable bonds is 2. The van der Waals surface area contributed by atoms with Gasteiger partial charge in [0.2, 0.25) is 5.28 Å². The van der Waals surface area contributed by atoms with Crippen molar-refractivity contribution in [1.29, 1.82) is 0 Å². The summed E-state index contributed by atoms with van der Waals surface area (Å²) < 4.78 is 10.6. The Morgan fingerprint density at radius 3 is 2.38 bits per heavy atom. The monoisotopic (exact) mass is 310 g/mol. The molecule has 1 aliphatic rings. The molecule has 1 saturated heterocycles. The average Bonchev–Trinajstić information content (AvgIpc) is 2.92. The van der Waals surface area contributed by atoms with Gasteiger partial charge in [0.05, 0.1) is 13.2 Å². The summed E-state index contributed by atoms with van der Waals surface area (Å²) >= 11 is 5.34. The van der Waals surface area contributed by atoms with Crippen molar-refractivity contribution in [3.05, 3.63) is 29.8 Å². The minimum absolute atomic E-state index is 0.0711. The molecule has 3 rings (SSSR count). The van der Waals surface area contributed by atoms with Crippen LogP contribution in [0.15, 0.2) is 24.5 Å². The fraction of sp³-hybridized carbons (Fsp3) is 0.333. The molecule has 0 amide bonds. The molecule has 2 aromatic heterocycles. The summed E-state index contributed by atoms with van der Waals surface area (Å²) in [7, 11) is 0. The molecule has 4 N–H and O–H groups in total. The molecule has 1 fully saturated rings. The van der Waals surface area contributed by atoms with Gasteiger partial charge >= 0.3 is 6.01 Å². The Kier molecular flexibility index (Phi) is 5.47. The lowest BCUT2D eigenvalue weighted by atomic mass is 10.3. The quantitative estimate of drug-likeness (QED) is 0.786. The molecule has 1 aliphatic heterocycles. The number of hydrogen-bond donors (Lipinski definition) is 2. The van der Waals surface area contributed by atoms with Gasteiger partial charge in [0.1, 0.15) is 17.7 Å². The molecule has 0 saturated carbocycles. The van der Waals surface area contributed by atoms with Gasteiger partial charge in [-0.25, -0.2) is 15.0 Å². The molecule has 0 aliphatic carbocycles. The SMILES string of the molecule is Nc1ccnc(Cl)n1.Nc1ccnc(OC2CCOC2)n1. The number of hydrogen-bond acceptors (Lipinski definition) is 8. The Labute approximate surface area is 126 Å². The predicted molar refractivity (Wildman–Crippen MR) is 77.8 cm³/mol. The van der Waals surface area contributed by atoms with Crippen molar-refractivity contribution < 1.29 is 9.47 Å². The van der Waals surface area contributed by atoms with E-state index in [0.717, 1.165) is 13.0 Å². The summed E-state index contributed by atoms with van der Waals surface area (Å²) in [6, 6.07) is 3.53. The van der Waals surface area contributed by atoms with Gasteiger partial charge in [-0.15, -0.1) is 0 Å². The zero-order chi connectivity index (χ0) is 15.1. The van der Waals surface area contributed by atoms with Crippen LogP contribution in [0.2, 0.25) is 5.28 Å². The molecule has 1 unspecified atom stereocenters. The number of nitrogens with zero attached hydrogens (tertiary/aromatic N) is 4. The van der Waals surface area contributed by atoms with Crippen LogP contribution in [-0.2, 0) is 4.74 Å². The van der Waals surface area contributed by atoms with Crippen LogP contribution < -0.4 is 16.2 Å². The van der Waals surface area contributed by atoms with Gasteiger partial charge in [-0.1, -0.05) is 0 Å². The molecule has 2 aromatic rings. The van der Waals surface area contributed by atoms with Gasteiger partial charge in [0.15, 0.2) is 0 Å². The molecule has 0 spiro atoms. The zero-order valence-electron chi connectivity index (χ0n) is 11.1. The lowest BCUT2D eigenvalue weighted by molar-refractivity contribution is 0.134. The fourth-order valence-electron chi connectivity index (χ4n) is 1.51. The van der Waals surface area contributed by atoms with E-state index >= 15 is 0 Å². The first-order valence-electron chi connectivity index (χ1n) is 6.20. The van der Waals surface area contributed by atoms with Crippen molar-refractivity contribution in [2.75, 3.05) is 24.7 Å². The van der Waals surface area contributed by atoms with Gasteiger partial charge in [0.25, 0.3) is 0 Å². The van der Waals surface area contributed by atoms with E-state index in [2.05, 4.69) is 19.9 Å². The van der Waals surface area contributed by atoms with Crippen molar-refractivity contribution in [3.63, 3.8) is 0 Å². The molecule has 0 aromatic carbocycles. The number of nitrogens with two attached hydrogens (primary N) is 2. The van der Waals surface area contributed by atoms with E-state index in [1.807, 2.05) is 0 Å². The first-order chi connectivity index (χ1) is 10.1. The lowest BCUT2D eigenvalue weighted by Gasteiger charge is -2.08. The lowest BCUT2D eigenvalue weighted by Crippen LogP contribution is -2.17. The maximum Gasteiger partial charge on any atom is 0.318 e. The van der Waals surface area contributed by atoms with Gasteiger partial charge in [-0.05, 0) is 23.7 Å². The number of nitrogen functional groups attached to an aromatic ring is 2. The summed E-state index contributed by atoms with van der Waals surface area (Å²) in [5.74, 6) is 0.814. The third kappa shape index (κ3) is 5.36. The second-order valence-electron chi connectivity index (χ2n) is 4.12. The summed E-state index contributed by atoms with van der Waals surface area (Å²) in [5, 5.41) is 0.185. The minimum Gasteiger partial charge on any atom is -0.458 e. The summed E-state index contributed by atoms with van der Waals surface area (Å²) in [6.07, 6.45) is 4.04. The molecular formula is C12H15ClN6O2. The average molecular weight is 311 g/mol. The van der Waals surface area contributed by atoms with Gasteiger partial charge in [-0.3, -0.25) is 0 Å². The topological polar surface area (TPSA) is 122 Å². The van der Waals surface area contributed by atoms with Gasteiger partial charge in [-0.2, -0.15) is 4.98 Å². The van der Waals surface area contributed by atoms with E-state index < -0.39 is 0 Å². The number of ether oxygens (including phenoxy) is 2. The highest BCUT2D eigenvalue weighted by Gasteiger charge is 2.18. The maximum atomic E-state index is 5.47. The third-order valence-corrected chi connectivity index (χ3v) is 2.64. The van der Waals surface area contributed by atoms with Crippen LogP contribution in [0.25, 0.3) is 0 Å². The van der Waals surface area contributed by atoms with Crippen molar-refractivity contribution in [2.45, 2.75) is 12.5 Å². The largest absolute Gasteiger partial charge is 0.458 e. The minimum atomic E-state index is 0.0711. The van der Waals surface area contributed by atoms with Crippen LogP contribution >= 0.6 is 11.6 Å². The molecule has 112 valence electrons. The molecule has 0 radical (unpaired) electrons. The second kappa shape index (κ2) is 7.55. The van der Waals surface area contributed by atoms with Gasteiger partial charge < -0.3 is 20.9 Å². The molecule has 0 bridgehead atoms. The maximum absolute atomic E-state index is 5.47. The smallest absolute Gasteiger partial charge is 0.318 e. The van der Waals surface area contributed by atoms with Crippen molar-refractivity contribution >= 4 is 23.2 Å². The Hall–Kier alpha value is -2.19. The Balaban J connectivity index is 0.000000173. The van der Waals surface area contributed by atoms with Crippen LogP contribution in [0.3, 0.4) is 0 Å². The first kappa shape index (κ1) is 15.2. The highest BCUT2D eigenvalue weighted by molar-refractivity contribution is 6.28. The van der Waals surface area contributed by atoms with E-state index in [0.29, 0.717) is 24.3 Å². The molecule has 3 heterocycles. The van der Waals surface area contributed by atoms with E-state index in [9.17, 15) is 0 Å². The summed E-state index contributed by atoms with van der Waals surface area (Å²) in [5.41, 5.74) is 10.7. The summed E-state index contributed by atoms with van der Waals surface area (Å²) in [4.78, 5) is 15.1. The van der Waals surface area contributed by atoms with Crippen molar-refractivity contribution in [2.24, 2.45) is 0 Å². The first-order valence-corrected chi connectivity index (χ1v) is 6.58. The van der Waals surface area contributed by atoms with E-state index in [4.69, 9.17) is 32.5 Å². The van der Waals surface area contributed by atoms with Crippen molar-refractivity contribution in [1.82, 2.24) is 19.9 Å². The standard InChI is InChI=1S/C8H11N3O2.C4H4ClN3/c9-7-1-3-10-8(11-7)13-6-2-4-12-5-6;5-4-7-2-1-3(6)8-4/h1,3,6H,2,4-5H2,(H2,9,10,11);1-2H,(H2,6,7,8). The van der Waals surface area contributed by atoms with Crippen LogP contribution in [0.5, 0.6) is 6.01 Å². The van der Waals surface area contributed by atoms with Crippen LogP contribution in [0.4, 0.5) is 11.6 Å². The second-order valence-corrected chi connectivity index (χ2v) is 4.46. The highest BCUT2D eigenvalue weighted by atomic mass is 35.5. The molecule has 9 heteroatoms. The van der Waals surface area contributed by atoms with E-state index in [1.54, 1.807) is 18.3 Å². The normalized spacial score (nSPS) is 16.9.